The Hall–Kier alpha value is -7.98. The van der Waals surface area contributed by atoms with Gasteiger partial charge in [-0.3, -0.25) is 0 Å². The van der Waals surface area contributed by atoms with E-state index in [9.17, 15) is 0 Å². The molecule has 0 N–H and O–H groups in total. The molecule has 2 nitrogen and oxygen atoms in total. The zero-order valence-corrected chi connectivity index (χ0v) is 37.0. The molecule has 1 atom stereocenters. The van der Waals surface area contributed by atoms with E-state index < -0.39 is 0 Å². The molecule has 2 heterocycles. The SMILES string of the molecule is c1ccc(-c2ccc(N(c3ccc(-c4ccccc4)cc3)c3ccc(C4CCc5cc6oc7ccccc7c6c(-c6ccc7sc8ccccc8c7c6)c5-c5ccccc54)cc3)cc2)cc1. The molecule has 3 heteroatoms. The quantitative estimate of drug-likeness (QED) is 0.159. The van der Waals surface area contributed by atoms with E-state index in [2.05, 4.69) is 235 Å². The van der Waals surface area contributed by atoms with Crippen molar-refractivity contribution >= 4 is 70.5 Å². The minimum Gasteiger partial charge on any atom is -0.456 e. The summed E-state index contributed by atoms with van der Waals surface area (Å²) in [6.07, 6.45) is 1.90. The summed E-state index contributed by atoms with van der Waals surface area (Å²) >= 11 is 1.87. The molecule has 0 fully saturated rings. The van der Waals surface area contributed by atoms with Crippen LogP contribution >= 0.6 is 11.3 Å². The average molecular weight is 862 g/mol. The Bertz CT molecular complexity index is 3650. The predicted molar refractivity (Wildman–Crippen MR) is 280 cm³/mol. The van der Waals surface area contributed by atoms with E-state index in [-0.39, 0.29) is 5.92 Å². The summed E-state index contributed by atoms with van der Waals surface area (Å²) in [6.45, 7) is 0. The number of hydrogen-bond acceptors (Lipinski definition) is 3. The van der Waals surface area contributed by atoms with Crippen molar-refractivity contribution in [2.24, 2.45) is 0 Å². The first-order valence-corrected chi connectivity index (χ1v) is 23.7. The van der Waals surface area contributed by atoms with Crippen LogP contribution in [0.25, 0.3) is 86.6 Å². The van der Waals surface area contributed by atoms with Crippen LogP contribution in [0.4, 0.5) is 17.1 Å². The monoisotopic (exact) mass is 861 g/mol. The smallest absolute Gasteiger partial charge is 0.136 e. The number of rotatable bonds is 7. The Labute approximate surface area is 388 Å². The van der Waals surface area contributed by atoms with Gasteiger partial charge in [-0.15, -0.1) is 11.3 Å². The maximum absolute atomic E-state index is 6.73. The van der Waals surface area contributed by atoms with Crippen molar-refractivity contribution in [3.8, 4) is 44.5 Å². The Balaban J connectivity index is 0.927. The van der Waals surface area contributed by atoms with Crippen molar-refractivity contribution in [3.05, 3.63) is 247 Å². The van der Waals surface area contributed by atoms with Gasteiger partial charge in [0.05, 0.1) is 0 Å². The highest BCUT2D eigenvalue weighted by atomic mass is 32.1. The van der Waals surface area contributed by atoms with Crippen LogP contribution in [0.2, 0.25) is 0 Å². The third-order valence-electron chi connectivity index (χ3n) is 13.7. The van der Waals surface area contributed by atoms with E-state index in [1.54, 1.807) is 0 Å². The molecule has 0 amide bonds. The van der Waals surface area contributed by atoms with Crippen LogP contribution in [-0.2, 0) is 6.42 Å². The molecule has 2 aromatic heterocycles. The summed E-state index contributed by atoms with van der Waals surface area (Å²) < 4.78 is 9.36. The van der Waals surface area contributed by atoms with Crippen molar-refractivity contribution < 1.29 is 4.42 Å². The maximum atomic E-state index is 6.73. The summed E-state index contributed by atoms with van der Waals surface area (Å²) in [7, 11) is 0. The zero-order chi connectivity index (χ0) is 43.6. The van der Waals surface area contributed by atoms with Gasteiger partial charge in [-0.05, 0) is 135 Å². The molecule has 0 radical (unpaired) electrons. The lowest BCUT2D eigenvalue weighted by Gasteiger charge is -2.27. The number of fused-ring (bicyclic) bond motifs is 9. The topological polar surface area (TPSA) is 16.4 Å². The van der Waals surface area contributed by atoms with Crippen LogP contribution in [0.1, 0.15) is 29.0 Å². The van der Waals surface area contributed by atoms with Crippen molar-refractivity contribution in [1.82, 2.24) is 0 Å². The highest BCUT2D eigenvalue weighted by Gasteiger charge is 2.29. The molecule has 0 bridgehead atoms. The predicted octanol–water partition coefficient (Wildman–Crippen LogP) is 18.2. The fourth-order valence-electron chi connectivity index (χ4n) is 10.6. The Morgan fingerprint density at radius 3 is 1.65 bits per heavy atom. The highest BCUT2D eigenvalue weighted by Crippen LogP contribution is 2.51. The number of para-hydroxylation sites is 1. The Morgan fingerprint density at radius 1 is 0.409 bits per heavy atom. The first kappa shape index (κ1) is 38.5. The van der Waals surface area contributed by atoms with Crippen LogP contribution in [-0.4, -0.2) is 0 Å². The molecule has 0 aliphatic heterocycles. The summed E-state index contributed by atoms with van der Waals surface area (Å²) in [5.41, 5.74) is 19.2. The van der Waals surface area contributed by atoms with Gasteiger partial charge in [-0.25, -0.2) is 0 Å². The summed E-state index contributed by atoms with van der Waals surface area (Å²) in [5.74, 6) is 0.200. The summed E-state index contributed by atoms with van der Waals surface area (Å²) in [5, 5.41) is 4.96. The van der Waals surface area contributed by atoms with Gasteiger partial charge in [0.25, 0.3) is 0 Å². The van der Waals surface area contributed by atoms with Gasteiger partial charge in [-0.2, -0.15) is 0 Å². The second-order valence-electron chi connectivity index (χ2n) is 17.5. The Kier molecular flexibility index (Phi) is 9.28. The van der Waals surface area contributed by atoms with Gasteiger partial charge < -0.3 is 9.32 Å². The first-order valence-electron chi connectivity index (χ1n) is 22.9. The number of aryl methyl sites for hydroxylation is 1. The number of thiophene rings is 1. The molecule has 1 aliphatic rings. The van der Waals surface area contributed by atoms with E-state index in [0.717, 1.165) is 46.5 Å². The minimum absolute atomic E-state index is 0.200. The van der Waals surface area contributed by atoms with Gasteiger partial charge in [0, 0.05) is 59.5 Å². The highest BCUT2D eigenvalue weighted by molar-refractivity contribution is 7.25. The largest absolute Gasteiger partial charge is 0.456 e. The molecule has 12 aromatic rings. The maximum Gasteiger partial charge on any atom is 0.136 e. The minimum atomic E-state index is 0.200. The molecule has 0 saturated heterocycles. The van der Waals surface area contributed by atoms with Crippen molar-refractivity contribution in [2.45, 2.75) is 18.8 Å². The molecule has 1 aliphatic carbocycles. The molecule has 66 heavy (non-hydrogen) atoms. The van der Waals surface area contributed by atoms with Crippen molar-refractivity contribution in [2.75, 3.05) is 4.90 Å². The fourth-order valence-corrected chi connectivity index (χ4v) is 11.7. The fraction of sp³-hybridized carbons (Fsp3) is 0.0476. The molecule has 0 saturated carbocycles. The van der Waals surface area contributed by atoms with Crippen LogP contribution in [0.3, 0.4) is 0 Å². The molecule has 0 spiro atoms. The van der Waals surface area contributed by atoms with Crippen LogP contribution in [0, 0.1) is 0 Å². The van der Waals surface area contributed by atoms with Crippen LogP contribution < -0.4 is 4.90 Å². The first-order chi connectivity index (χ1) is 32.7. The second kappa shape index (κ2) is 15.9. The molecular weight excluding hydrogens is 819 g/mol. The third-order valence-corrected chi connectivity index (χ3v) is 14.9. The number of nitrogens with zero attached hydrogens (tertiary/aromatic N) is 1. The lowest BCUT2D eigenvalue weighted by molar-refractivity contribution is 0.667. The second-order valence-corrected chi connectivity index (χ2v) is 18.6. The van der Waals surface area contributed by atoms with Crippen molar-refractivity contribution in [3.63, 3.8) is 0 Å². The number of anilines is 3. The lowest BCUT2D eigenvalue weighted by atomic mass is 9.83. The van der Waals surface area contributed by atoms with E-state index in [1.807, 2.05) is 11.3 Å². The van der Waals surface area contributed by atoms with Gasteiger partial charge in [0.15, 0.2) is 0 Å². The lowest BCUT2D eigenvalue weighted by Crippen LogP contribution is -2.10. The molecule has 1 unspecified atom stereocenters. The summed E-state index contributed by atoms with van der Waals surface area (Å²) in [6, 6.07) is 84.5. The van der Waals surface area contributed by atoms with Gasteiger partial charge in [0.2, 0.25) is 0 Å². The Morgan fingerprint density at radius 2 is 0.955 bits per heavy atom. The molecule has 312 valence electrons. The zero-order valence-electron chi connectivity index (χ0n) is 36.2. The van der Waals surface area contributed by atoms with E-state index in [0.29, 0.717) is 0 Å². The molecule has 10 aromatic carbocycles. The van der Waals surface area contributed by atoms with Gasteiger partial charge >= 0.3 is 0 Å². The van der Waals surface area contributed by atoms with E-state index in [1.165, 1.54) is 86.8 Å². The van der Waals surface area contributed by atoms with Gasteiger partial charge in [-0.1, -0.05) is 164 Å². The molecular formula is C63H43NOS. The number of benzene rings is 10. The van der Waals surface area contributed by atoms with Gasteiger partial charge in [0.1, 0.15) is 11.2 Å². The van der Waals surface area contributed by atoms with Crippen LogP contribution in [0.5, 0.6) is 0 Å². The third kappa shape index (κ3) is 6.54. The van der Waals surface area contributed by atoms with E-state index in [4.69, 9.17) is 4.42 Å². The summed E-state index contributed by atoms with van der Waals surface area (Å²) in [4.78, 5) is 2.38. The van der Waals surface area contributed by atoms with E-state index >= 15 is 0 Å². The molecule has 13 rings (SSSR count). The number of hydrogen-bond donors (Lipinski definition) is 0. The normalized spacial score (nSPS) is 13.5. The standard InChI is InChI=1S/C63H43NOS/c1-3-13-41(14-4-1)43-23-31-48(32-24-43)64(49-33-25-44(26-34-49)42-15-5-2-6-16-42)50-35-27-45(28-36-50)51-37-29-47-40-58-63(55-20-9-11-21-57(55)65-58)62(61(47)54-19-8-7-17-52(51)54)46-30-38-60-56(39-46)53-18-10-12-22-59(53)66-60/h1-28,30-36,38-40,51H,29,37H2. The van der Waals surface area contributed by atoms with Crippen molar-refractivity contribution in [1.29, 1.82) is 0 Å². The number of furan rings is 1. The van der Waals surface area contributed by atoms with Crippen LogP contribution in [0.15, 0.2) is 235 Å². The average Bonchev–Trinajstić information content (AvgIpc) is 3.90.